The van der Waals surface area contributed by atoms with Crippen LogP contribution < -0.4 is 5.32 Å². The number of aliphatic carboxylic acids is 1. The molecule has 2 heterocycles. The highest BCUT2D eigenvalue weighted by molar-refractivity contribution is 5.75. The predicted octanol–water partition coefficient (Wildman–Crippen LogP) is 1.52. The highest BCUT2D eigenvalue weighted by Gasteiger charge is 2.22. The molecule has 1 aliphatic heterocycles. The van der Waals surface area contributed by atoms with Crippen molar-refractivity contribution in [1.82, 2.24) is 15.2 Å². The van der Waals surface area contributed by atoms with Gasteiger partial charge in [-0.05, 0) is 36.8 Å². The summed E-state index contributed by atoms with van der Waals surface area (Å²) in [5.74, 6) is -0.317. The zero-order valence-electron chi connectivity index (χ0n) is 12.0. The molecule has 114 valence electrons. The lowest BCUT2D eigenvalue weighted by Crippen LogP contribution is -2.45. The zero-order chi connectivity index (χ0) is 15.1. The van der Waals surface area contributed by atoms with E-state index in [0.717, 1.165) is 32.4 Å². The molecule has 6 nitrogen and oxygen atoms in total. The maximum absolute atomic E-state index is 11.9. The van der Waals surface area contributed by atoms with Crippen LogP contribution in [0.5, 0.6) is 0 Å². The number of pyridine rings is 1. The van der Waals surface area contributed by atoms with Gasteiger partial charge in [-0.1, -0.05) is 6.07 Å². The fourth-order valence-electron chi connectivity index (χ4n) is 2.58. The quantitative estimate of drug-likeness (QED) is 0.861. The maximum Gasteiger partial charge on any atom is 0.317 e. The number of carboxylic acid groups (broad SMARTS) is 1. The average molecular weight is 291 g/mol. The first-order chi connectivity index (χ1) is 10.1. The average Bonchev–Trinajstić information content (AvgIpc) is 2.48. The van der Waals surface area contributed by atoms with Crippen molar-refractivity contribution < 1.29 is 14.7 Å². The van der Waals surface area contributed by atoms with Crippen molar-refractivity contribution >= 4 is 12.0 Å². The van der Waals surface area contributed by atoms with Crippen molar-refractivity contribution in [2.45, 2.75) is 25.7 Å². The topological polar surface area (TPSA) is 82.5 Å². The largest absolute Gasteiger partial charge is 0.481 e. The van der Waals surface area contributed by atoms with E-state index in [1.165, 1.54) is 5.56 Å². The molecule has 1 fully saturated rings. The van der Waals surface area contributed by atoms with E-state index in [1.807, 2.05) is 12.3 Å². The molecule has 2 N–H and O–H groups in total. The number of likely N-dealkylation sites (tertiary alicyclic amines) is 1. The number of nitrogens with zero attached hydrogens (tertiary/aromatic N) is 2. The number of piperidine rings is 1. The van der Waals surface area contributed by atoms with Crippen LogP contribution in [-0.4, -0.2) is 46.6 Å². The third-order valence-electron chi connectivity index (χ3n) is 3.76. The van der Waals surface area contributed by atoms with Crippen LogP contribution in [0.1, 0.15) is 24.8 Å². The molecule has 1 saturated heterocycles. The molecule has 0 aliphatic carbocycles. The van der Waals surface area contributed by atoms with Gasteiger partial charge < -0.3 is 15.3 Å². The molecule has 0 radical (unpaired) electrons. The Hall–Kier alpha value is -2.11. The molecule has 1 aromatic heterocycles. The van der Waals surface area contributed by atoms with Gasteiger partial charge in [0.25, 0.3) is 0 Å². The second-order valence-corrected chi connectivity index (χ2v) is 5.37. The molecule has 0 aromatic carbocycles. The summed E-state index contributed by atoms with van der Waals surface area (Å²) in [5.41, 5.74) is 1.24. The number of carbonyl (C=O) groups excluding carboxylic acids is 1. The highest BCUT2D eigenvalue weighted by Crippen LogP contribution is 2.21. The number of amides is 2. The van der Waals surface area contributed by atoms with Crippen LogP contribution in [0.25, 0.3) is 0 Å². The first-order valence-electron chi connectivity index (χ1n) is 7.28. The standard InChI is InChI=1S/C15H21N3O3/c19-14(20)3-7-17-15(21)18-8-4-12(5-9-18)10-13-2-1-6-16-11-13/h1-2,6,11-12H,3-5,7-10H2,(H,17,21)(H,19,20). The number of urea groups is 1. The van der Waals surface area contributed by atoms with Gasteiger partial charge in [0.15, 0.2) is 0 Å². The monoisotopic (exact) mass is 291 g/mol. The van der Waals surface area contributed by atoms with Crippen LogP contribution in [0.3, 0.4) is 0 Å². The number of rotatable bonds is 5. The van der Waals surface area contributed by atoms with Gasteiger partial charge in [-0.15, -0.1) is 0 Å². The van der Waals surface area contributed by atoms with Gasteiger partial charge in [-0.25, -0.2) is 4.79 Å². The molecule has 21 heavy (non-hydrogen) atoms. The fraction of sp³-hybridized carbons (Fsp3) is 0.533. The number of hydrogen-bond donors (Lipinski definition) is 2. The molecule has 2 rings (SSSR count). The third kappa shape index (κ3) is 5.06. The SMILES string of the molecule is O=C(O)CCNC(=O)N1CCC(Cc2cccnc2)CC1. The van der Waals surface area contributed by atoms with E-state index < -0.39 is 5.97 Å². The van der Waals surface area contributed by atoms with Crippen molar-refractivity contribution in [2.24, 2.45) is 5.92 Å². The number of aromatic nitrogens is 1. The Morgan fingerprint density at radius 3 is 2.76 bits per heavy atom. The second-order valence-electron chi connectivity index (χ2n) is 5.37. The number of carbonyl (C=O) groups is 2. The minimum atomic E-state index is -0.898. The van der Waals surface area contributed by atoms with E-state index in [1.54, 1.807) is 11.1 Å². The van der Waals surface area contributed by atoms with E-state index in [9.17, 15) is 9.59 Å². The van der Waals surface area contributed by atoms with E-state index in [-0.39, 0.29) is 19.0 Å². The maximum atomic E-state index is 11.9. The summed E-state index contributed by atoms with van der Waals surface area (Å²) in [5, 5.41) is 11.2. The lowest BCUT2D eigenvalue weighted by Gasteiger charge is -2.32. The number of nitrogens with one attached hydrogen (secondary N) is 1. The number of hydrogen-bond acceptors (Lipinski definition) is 3. The molecule has 2 amide bonds. The fourth-order valence-corrected chi connectivity index (χ4v) is 2.58. The van der Waals surface area contributed by atoms with Crippen LogP contribution in [0, 0.1) is 5.92 Å². The minimum absolute atomic E-state index is 0.0385. The summed E-state index contributed by atoms with van der Waals surface area (Å²) in [4.78, 5) is 28.1. The summed E-state index contributed by atoms with van der Waals surface area (Å²) < 4.78 is 0. The van der Waals surface area contributed by atoms with Gasteiger partial charge in [0.1, 0.15) is 0 Å². The van der Waals surface area contributed by atoms with E-state index >= 15 is 0 Å². The molecule has 0 spiro atoms. The van der Waals surface area contributed by atoms with Crippen LogP contribution in [0.15, 0.2) is 24.5 Å². The summed E-state index contributed by atoms with van der Waals surface area (Å²) >= 11 is 0. The highest BCUT2D eigenvalue weighted by atomic mass is 16.4. The molecule has 6 heteroatoms. The van der Waals surface area contributed by atoms with Gasteiger partial charge in [0.05, 0.1) is 6.42 Å². The Labute approximate surface area is 124 Å². The van der Waals surface area contributed by atoms with E-state index in [2.05, 4.69) is 16.4 Å². The van der Waals surface area contributed by atoms with Crippen molar-refractivity contribution in [3.63, 3.8) is 0 Å². The third-order valence-corrected chi connectivity index (χ3v) is 3.76. The summed E-state index contributed by atoms with van der Waals surface area (Å²) in [6, 6.07) is 3.87. The predicted molar refractivity (Wildman–Crippen MR) is 77.9 cm³/mol. The number of carboxylic acids is 1. The zero-order valence-corrected chi connectivity index (χ0v) is 12.0. The van der Waals surface area contributed by atoms with E-state index in [4.69, 9.17) is 5.11 Å². The Morgan fingerprint density at radius 1 is 1.38 bits per heavy atom. The van der Waals surface area contributed by atoms with Gasteiger partial charge in [0.2, 0.25) is 0 Å². The van der Waals surface area contributed by atoms with Crippen molar-refractivity contribution in [1.29, 1.82) is 0 Å². The normalized spacial score (nSPS) is 15.7. The smallest absolute Gasteiger partial charge is 0.317 e. The molecule has 0 unspecified atom stereocenters. The molecule has 1 aliphatic rings. The van der Waals surface area contributed by atoms with Crippen LogP contribution in [0.2, 0.25) is 0 Å². The molecule has 0 saturated carbocycles. The molecule has 1 aromatic rings. The summed E-state index contributed by atoms with van der Waals surface area (Å²) in [6.45, 7) is 1.64. The Bertz CT molecular complexity index is 470. The summed E-state index contributed by atoms with van der Waals surface area (Å²) in [6.07, 6.45) is 6.58. The lowest BCUT2D eigenvalue weighted by molar-refractivity contribution is -0.136. The summed E-state index contributed by atoms with van der Waals surface area (Å²) in [7, 11) is 0. The van der Waals surface area contributed by atoms with Gasteiger partial charge in [-0.3, -0.25) is 9.78 Å². The van der Waals surface area contributed by atoms with E-state index in [0.29, 0.717) is 5.92 Å². The minimum Gasteiger partial charge on any atom is -0.481 e. The first-order valence-corrected chi connectivity index (χ1v) is 7.28. The first kappa shape index (κ1) is 15.3. The Morgan fingerprint density at radius 2 is 2.14 bits per heavy atom. The molecule has 0 atom stereocenters. The molecular weight excluding hydrogens is 270 g/mol. The van der Waals surface area contributed by atoms with Gasteiger partial charge >= 0.3 is 12.0 Å². The van der Waals surface area contributed by atoms with Crippen molar-refractivity contribution in [3.05, 3.63) is 30.1 Å². The van der Waals surface area contributed by atoms with Crippen LogP contribution >= 0.6 is 0 Å². The second kappa shape index (κ2) is 7.61. The van der Waals surface area contributed by atoms with Crippen molar-refractivity contribution in [2.75, 3.05) is 19.6 Å². The van der Waals surface area contributed by atoms with Crippen LogP contribution in [-0.2, 0) is 11.2 Å². The molecule has 0 bridgehead atoms. The Balaban J connectivity index is 1.70. The van der Waals surface area contributed by atoms with Crippen LogP contribution in [0.4, 0.5) is 4.79 Å². The molecular formula is C15H21N3O3. The lowest BCUT2D eigenvalue weighted by atomic mass is 9.91. The Kier molecular flexibility index (Phi) is 5.54. The van der Waals surface area contributed by atoms with Crippen molar-refractivity contribution in [3.8, 4) is 0 Å². The van der Waals surface area contributed by atoms with Gasteiger partial charge in [0, 0.05) is 32.0 Å². The van der Waals surface area contributed by atoms with Gasteiger partial charge in [-0.2, -0.15) is 0 Å².